The van der Waals surface area contributed by atoms with E-state index < -0.39 is 0 Å². The first-order valence-corrected chi connectivity index (χ1v) is 9.98. The van der Waals surface area contributed by atoms with Crippen molar-refractivity contribution in [1.29, 1.82) is 0 Å². The molecule has 0 aliphatic heterocycles. The highest BCUT2D eigenvalue weighted by atomic mass is 35.5. The molecule has 0 saturated heterocycles. The Balaban J connectivity index is 1.76. The topological polar surface area (TPSA) is 65.2 Å². The summed E-state index contributed by atoms with van der Waals surface area (Å²) in [6.07, 6.45) is 3.33. The molecule has 0 unspecified atom stereocenters. The van der Waals surface area contributed by atoms with E-state index in [0.717, 1.165) is 40.3 Å². The van der Waals surface area contributed by atoms with Crippen LogP contribution in [0.5, 0.6) is 5.75 Å². The van der Waals surface area contributed by atoms with Crippen molar-refractivity contribution >= 4 is 28.4 Å². The largest absolute Gasteiger partial charge is 0.494 e. The molecule has 0 atom stereocenters. The van der Waals surface area contributed by atoms with Gasteiger partial charge < -0.3 is 4.74 Å². The summed E-state index contributed by atoms with van der Waals surface area (Å²) >= 11 is 6.53. The molecule has 1 aliphatic rings. The van der Waals surface area contributed by atoms with Crippen LogP contribution in [0.1, 0.15) is 43.5 Å². The van der Waals surface area contributed by atoms with Crippen LogP contribution in [0.4, 0.5) is 0 Å². The van der Waals surface area contributed by atoms with Crippen molar-refractivity contribution < 1.29 is 4.74 Å². The van der Waals surface area contributed by atoms with E-state index in [1.807, 2.05) is 35.6 Å². The van der Waals surface area contributed by atoms with E-state index in [-0.39, 0.29) is 0 Å². The maximum Gasteiger partial charge on any atom is 0.184 e. The number of aryl methyl sites for hydroxylation is 1. The van der Waals surface area contributed by atoms with E-state index in [2.05, 4.69) is 28.2 Å². The summed E-state index contributed by atoms with van der Waals surface area (Å²) in [5, 5.41) is 9.42. The first-order chi connectivity index (χ1) is 13.7. The molecule has 1 saturated carbocycles. The molecule has 0 N–H and O–H groups in total. The predicted molar refractivity (Wildman–Crippen MR) is 109 cm³/mol. The molecule has 28 heavy (non-hydrogen) atoms. The highest BCUT2D eigenvalue weighted by Crippen LogP contribution is 2.39. The second kappa shape index (κ2) is 6.71. The molecule has 0 amide bonds. The lowest BCUT2D eigenvalue weighted by Gasteiger charge is -2.10. The van der Waals surface area contributed by atoms with E-state index in [4.69, 9.17) is 21.3 Å². The maximum atomic E-state index is 6.53. The Kier molecular flexibility index (Phi) is 4.16. The van der Waals surface area contributed by atoms with E-state index in [1.54, 1.807) is 0 Å². The summed E-state index contributed by atoms with van der Waals surface area (Å²) in [5.74, 6) is 1.97. The number of rotatable bonds is 5. The molecule has 5 rings (SSSR count). The third-order valence-corrected chi connectivity index (χ3v) is 5.34. The first-order valence-electron chi connectivity index (χ1n) is 9.61. The third-order valence-electron chi connectivity index (χ3n) is 5.01. The highest BCUT2D eigenvalue weighted by Gasteiger charge is 2.26. The number of hydrogen-bond donors (Lipinski definition) is 0. The molecule has 0 spiro atoms. The van der Waals surface area contributed by atoms with Gasteiger partial charge in [-0.15, -0.1) is 10.2 Å². The second-order valence-corrected chi connectivity index (χ2v) is 7.63. The lowest BCUT2D eigenvalue weighted by Crippen LogP contribution is -2.02. The highest BCUT2D eigenvalue weighted by molar-refractivity contribution is 6.33. The van der Waals surface area contributed by atoms with Crippen LogP contribution in [0, 0.1) is 6.92 Å². The summed E-state index contributed by atoms with van der Waals surface area (Å²) in [7, 11) is 0. The van der Waals surface area contributed by atoms with Gasteiger partial charge in [-0.1, -0.05) is 18.5 Å². The summed E-state index contributed by atoms with van der Waals surface area (Å²) in [5.41, 5.74) is 4.96. The van der Waals surface area contributed by atoms with Crippen molar-refractivity contribution in [3.05, 3.63) is 46.7 Å². The molecular formula is C21H20ClN5O. The van der Waals surface area contributed by atoms with Gasteiger partial charge in [-0.25, -0.2) is 9.97 Å². The average molecular weight is 394 g/mol. The van der Waals surface area contributed by atoms with Crippen LogP contribution in [0.15, 0.2) is 30.3 Å². The smallest absolute Gasteiger partial charge is 0.184 e. The number of pyridine rings is 1. The Morgan fingerprint density at radius 3 is 2.75 bits per heavy atom. The van der Waals surface area contributed by atoms with E-state index in [9.17, 15) is 0 Å². The van der Waals surface area contributed by atoms with Gasteiger partial charge in [-0.05, 0) is 56.5 Å². The van der Waals surface area contributed by atoms with Gasteiger partial charge >= 0.3 is 0 Å². The zero-order valence-corrected chi connectivity index (χ0v) is 16.6. The fraction of sp³-hybridized carbons (Fsp3) is 0.333. The Hall–Kier alpha value is -2.73. The molecule has 0 radical (unpaired) electrons. The standard InChI is InChI=1S/C21H20ClN5O/c1-3-10-28-14-6-7-16(22)15(11-14)20-26-25-19-12(2)23-18-9-8-17(13-4-5-13)24-21(18)27(19)20/h6-9,11,13H,3-5,10H2,1-2H3. The minimum absolute atomic E-state index is 0.551. The zero-order chi connectivity index (χ0) is 19.3. The zero-order valence-electron chi connectivity index (χ0n) is 15.8. The van der Waals surface area contributed by atoms with Gasteiger partial charge in [0.15, 0.2) is 17.1 Å². The van der Waals surface area contributed by atoms with Crippen LogP contribution in [0.25, 0.3) is 28.2 Å². The number of fused-ring (bicyclic) bond motifs is 3. The minimum atomic E-state index is 0.551. The van der Waals surface area contributed by atoms with E-state index >= 15 is 0 Å². The van der Waals surface area contributed by atoms with Gasteiger partial charge in [0.25, 0.3) is 0 Å². The quantitative estimate of drug-likeness (QED) is 0.479. The van der Waals surface area contributed by atoms with Gasteiger partial charge in [-0.3, -0.25) is 4.40 Å². The summed E-state index contributed by atoms with van der Waals surface area (Å²) in [4.78, 5) is 9.58. The van der Waals surface area contributed by atoms with Crippen LogP contribution in [-0.4, -0.2) is 31.2 Å². The molecule has 1 aliphatic carbocycles. The van der Waals surface area contributed by atoms with Crippen LogP contribution in [0.3, 0.4) is 0 Å². The lowest BCUT2D eigenvalue weighted by atomic mass is 10.2. The Morgan fingerprint density at radius 1 is 1.11 bits per heavy atom. The molecule has 7 heteroatoms. The van der Waals surface area contributed by atoms with Gasteiger partial charge in [0.2, 0.25) is 0 Å². The minimum Gasteiger partial charge on any atom is -0.494 e. The van der Waals surface area contributed by atoms with Crippen LogP contribution in [0.2, 0.25) is 5.02 Å². The molecular weight excluding hydrogens is 374 g/mol. The fourth-order valence-corrected chi connectivity index (χ4v) is 3.63. The lowest BCUT2D eigenvalue weighted by molar-refractivity contribution is 0.317. The number of nitrogens with zero attached hydrogens (tertiary/aromatic N) is 5. The summed E-state index contributed by atoms with van der Waals surface area (Å²) < 4.78 is 7.75. The van der Waals surface area contributed by atoms with Crippen LogP contribution < -0.4 is 4.74 Å². The van der Waals surface area contributed by atoms with Crippen molar-refractivity contribution in [2.24, 2.45) is 0 Å². The monoisotopic (exact) mass is 393 g/mol. The SMILES string of the molecule is CCCOc1ccc(Cl)c(-c2nnc3c(C)nc4ccc(C5CC5)nc4n23)c1. The Labute approximate surface area is 167 Å². The first kappa shape index (κ1) is 17.4. The fourth-order valence-electron chi connectivity index (χ4n) is 3.42. The normalized spacial score (nSPS) is 14.1. The molecule has 4 aromatic rings. The molecule has 142 valence electrons. The summed E-state index contributed by atoms with van der Waals surface area (Å²) in [6, 6.07) is 9.74. The van der Waals surface area contributed by atoms with E-state index in [0.29, 0.717) is 29.0 Å². The Morgan fingerprint density at radius 2 is 1.96 bits per heavy atom. The third kappa shape index (κ3) is 2.88. The van der Waals surface area contributed by atoms with Crippen LogP contribution >= 0.6 is 11.6 Å². The van der Waals surface area contributed by atoms with Gasteiger partial charge in [-0.2, -0.15) is 0 Å². The van der Waals surface area contributed by atoms with Crippen molar-refractivity contribution in [2.45, 2.75) is 39.0 Å². The molecule has 3 heterocycles. The van der Waals surface area contributed by atoms with Crippen molar-refractivity contribution in [3.8, 4) is 17.1 Å². The van der Waals surface area contributed by atoms with Gasteiger partial charge in [0, 0.05) is 17.2 Å². The average Bonchev–Trinajstić information content (AvgIpc) is 3.45. The van der Waals surface area contributed by atoms with Gasteiger partial charge in [0.1, 0.15) is 11.3 Å². The molecule has 3 aromatic heterocycles. The van der Waals surface area contributed by atoms with Crippen LogP contribution in [-0.2, 0) is 0 Å². The number of aromatic nitrogens is 5. The van der Waals surface area contributed by atoms with Crippen molar-refractivity contribution in [2.75, 3.05) is 6.61 Å². The number of hydrogen-bond acceptors (Lipinski definition) is 5. The summed E-state index contributed by atoms with van der Waals surface area (Å²) in [6.45, 7) is 4.66. The molecule has 1 fully saturated rings. The number of halogens is 1. The molecule has 0 bridgehead atoms. The molecule has 1 aromatic carbocycles. The Bertz CT molecular complexity index is 1200. The van der Waals surface area contributed by atoms with E-state index in [1.165, 1.54) is 12.8 Å². The van der Waals surface area contributed by atoms with Gasteiger partial charge in [0.05, 0.1) is 17.3 Å². The number of ether oxygens (including phenoxy) is 1. The van der Waals surface area contributed by atoms with Crippen molar-refractivity contribution in [3.63, 3.8) is 0 Å². The maximum absolute atomic E-state index is 6.53. The predicted octanol–water partition coefficient (Wildman–Crippen LogP) is 4.97. The number of benzene rings is 1. The van der Waals surface area contributed by atoms with Crippen molar-refractivity contribution in [1.82, 2.24) is 24.6 Å². The molecule has 6 nitrogen and oxygen atoms in total. The second-order valence-electron chi connectivity index (χ2n) is 7.22.